The van der Waals surface area contributed by atoms with Gasteiger partial charge in [-0.15, -0.1) is 11.6 Å². The molecule has 0 aliphatic carbocycles. The lowest BCUT2D eigenvalue weighted by Gasteiger charge is -2.22. The highest BCUT2D eigenvalue weighted by Crippen LogP contribution is 2.13. The zero-order chi connectivity index (χ0) is 8.20. The summed E-state index contributed by atoms with van der Waals surface area (Å²) in [6.45, 7) is 10.2. The Kier molecular flexibility index (Phi) is 4.57. The number of halogens is 1. The van der Waals surface area contributed by atoms with E-state index in [1.807, 2.05) is 6.92 Å². The van der Waals surface area contributed by atoms with Gasteiger partial charge in [-0.3, -0.25) is 0 Å². The second-order valence-electron chi connectivity index (χ2n) is 3.49. The molecule has 0 saturated heterocycles. The topological polar surface area (TPSA) is 9.23 Å². The Balaban J connectivity index is 3.52. The summed E-state index contributed by atoms with van der Waals surface area (Å²) in [5, 5.41) is 0.257. The number of hydrogen-bond donors (Lipinski definition) is 0. The largest absolute Gasteiger partial charge is 0.381 e. The average Bonchev–Trinajstić information content (AvgIpc) is 1.80. The first kappa shape index (κ1) is 10.5. The van der Waals surface area contributed by atoms with E-state index in [1.165, 1.54) is 0 Å². The molecule has 1 atom stereocenters. The summed E-state index contributed by atoms with van der Waals surface area (Å²) in [4.78, 5) is 0. The van der Waals surface area contributed by atoms with E-state index in [9.17, 15) is 0 Å². The predicted molar refractivity (Wildman–Crippen MR) is 49.5 cm³/mol. The minimum Gasteiger partial charge on any atom is -0.381 e. The van der Waals surface area contributed by atoms with E-state index in [1.54, 1.807) is 0 Å². The summed E-state index contributed by atoms with van der Waals surface area (Å²) in [5.74, 6) is 0. The standard InChI is InChI=1S/C7H17ClOSi/c1-5-9-6-7(8)10(2,3)4/h7H,5-6H2,1-4H3. The van der Waals surface area contributed by atoms with Crippen LogP contribution < -0.4 is 0 Å². The molecular formula is C7H17ClOSi. The predicted octanol–water partition coefficient (Wildman–Crippen LogP) is 2.51. The van der Waals surface area contributed by atoms with Crippen LogP contribution in [0.1, 0.15) is 6.92 Å². The Labute approximate surface area is 69.7 Å². The van der Waals surface area contributed by atoms with Crippen molar-refractivity contribution >= 4 is 19.7 Å². The van der Waals surface area contributed by atoms with Gasteiger partial charge in [0.25, 0.3) is 0 Å². The molecule has 0 fully saturated rings. The maximum atomic E-state index is 6.07. The van der Waals surface area contributed by atoms with Crippen LogP contribution in [0.25, 0.3) is 0 Å². The summed E-state index contributed by atoms with van der Waals surface area (Å²) >= 11 is 6.07. The van der Waals surface area contributed by atoms with E-state index in [0.717, 1.165) is 6.61 Å². The first-order valence-corrected chi connectivity index (χ1v) is 7.71. The summed E-state index contributed by atoms with van der Waals surface area (Å²) in [6.07, 6.45) is 0. The molecule has 62 valence electrons. The molecule has 10 heavy (non-hydrogen) atoms. The van der Waals surface area contributed by atoms with Crippen LogP contribution >= 0.6 is 11.6 Å². The molecule has 0 aromatic rings. The van der Waals surface area contributed by atoms with Gasteiger partial charge in [0, 0.05) is 11.6 Å². The van der Waals surface area contributed by atoms with E-state index >= 15 is 0 Å². The highest BCUT2D eigenvalue weighted by atomic mass is 35.5. The number of rotatable bonds is 4. The molecule has 0 bridgehead atoms. The molecular weight excluding hydrogens is 164 g/mol. The highest BCUT2D eigenvalue weighted by molar-refractivity contribution is 6.83. The summed E-state index contributed by atoms with van der Waals surface area (Å²) in [7, 11) is -1.16. The monoisotopic (exact) mass is 180 g/mol. The van der Waals surface area contributed by atoms with Gasteiger partial charge in [0.15, 0.2) is 0 Å². The van der Waals surface area contributed by atoms with E-state index in [4.69, 9.17) is 16.3 Å². The lowest BCUT2D eigenvalue weighted by atomic mass is 10.8. The summed E-state index contributed by atoms with van der Waals surface area (Å²) in [6, 6.07) is 0. The Hall–Kier alpha value is 0.467. The fourth-order valence-electron chi connectivity index (χ4n) is 0.471. The molecule has 0 aliphatic rings. The maximum Gasteiger partial charge on any atom is 0.0678 e. The SMILES string of the molecule is CCOCC(Cl)[Si](C)(C)C. The number of ether oxygens (including phenoxy) is 1. The van der Waals surface area contributed by atoms with Crippen LogP contribution in [0.2, 0.25) is 19.6 Å². The zero-order valence-corrected chi connectivity index (χ0v) is 9.03. The number of alkyl halides is 1. The fraction of sp³-hybridized carbons (Fsp3) is 1.00. The molecule has 0 amide bonds. The van der Waals surface area contributed by atoms with Crippen LogP contribution in [0, 0.1) is 0 Å². The third-order valence-corrected chi connectivity index (χ3v) is 5.54. The normalized spacial score (nSPS) is 15.3. The molecule has 0 radical (unpaired) electrons. The third kappa shape index (κ3) is 4.31. The highest BCUT2D eigenvalue weighted by Gasteiger charge is 2.24. The first-order valence-electron chi connectivity index (χ1n) is 3.70. The van der Waals surface area contributed by atoms with Gasteiger partial charge in [0.2, 0.25) is 0 Å². The van der Waals surface area contributed by atoms with Crippen molar-refractivity contribution < 1.29 is 4.74 Å². The minimum absolute atomic E-state index is 0.257. The summed E-state index contributed by atoms with van der Waals surface area (Å²) in [5.41, 5.74) is 0. The number of hydrogen-bond acceptors (Lipinski definition) is 1. The van der Waals surface area contributed by atoms with Crippen LogP contribution in [0.5, 0.6) is 0 Å². The summed E-state index contributed by atoms with van der Waals surface area (Å²) < 4.78 is 5.22. The van der Waals surface area contributed by atoms with Crippen LogP contribution in [0.3, 0.4) is 0 Å². The minimum atomic E-state index is -1.16. The zero-order valence-electron chi connectivity index (χ0n) is 7.28. The van der Waals surface area contributed by atoms with Gasteiger partial charge in [-0.1, -0.05) is 19.6 Å². The second kappa shape index (κ2) is 4.37. The van der Waals surface area contributed by atoms with Gasteiger partial charge >= 0.3 is 0 Å². The maximum absolute atomic E-state index is 6.07. The van der Waals surface area contributed by atoms with Crippen molar-refractivity contribution in [2.45, 2.75) is 31.6 Å². The average molecular weight is 181 g/mol. The fourth-order valence-corrected chi connectivity index (χ4v) is 1.18. The van der Waals surface area contributed by atoms with Gasteiger partial charge < -0.3 is 4.74 Å². The van der Waals surface area contributed by atoms with Crippen molar-refractivity contribution in [3.05, 3.63) is 0 Å². The molecule has 0 saturated carbocycles. The van der Waals surface area contributed by atoms with Crippen LogP contribution in [-0.2, 0) is 4.74 Å². The molecule has 1 nitrogen and oxygen atoms in total. The molecule has 0 spiro atoms. The van der Waals surface area contributed by atoms with Crippen LogP contribution in [0.4, 0.5) is 0 Å². The molecule has 0 N–H and O–H groups in total. The Morgan fingerprint density at radius 1 is 1.40 bits per heavy atom. The lowest BCUT2D eigenvalue weighted by molar-refractivity contribution is 0.157. The molecule has 0 aromatic heterocycles. The Bertz CT molecular complexity index is 90.1. The molecule has 3 heteroatoms. The Morgan fingerprint density at radius 2 is 1.90 bits per heavy atom. The van der Waals surface area contributed by atoms with E-state index < -0.39 is 8.07 Å². The van der Waals surface area contributed by atoms with Gasteiger partial charge in [0.1, 0.15) is 0 Å². The molecule has 0 aliphatic heterocycles. The third-order valence-electron chi connectivity index (χ3n) is 1.41. The van der Waals surface area contributed by atoms with Crippen molar-refractivity contribution in [1.82, 2.24) is 0 Å². The lowest BCUT2D eigenvalue weighted by Crippen LogP contribution is -2.37. The van der Waals surface area contributed by atoms with Crippen molar-refractivity contribution in [3.8, 4) is 0 Å². The van der Waals surface area contributed by atoms with Crippen LogP contribution in [-0.4, -0.2) is 26.3 Å². The van der Waals surface area contributed by atoms with E-state index in [2.05, 4.69) is 19.6 Å². The van der Waals surface area contributed by atoms with Gasteiger partial charge in [-0.25, -0.2) is 0 Å². The molecule has 0 aromatic carbocycles. The molecule has 1 unspecified atom stereocenters. The van der Waals surface area contributed by atoms with Gasteiger partial charge in [0.05, 0.1) is 14.7 Å². The first-order chi connectivity index (χ1) is 4.48. The van der Waals surface area contributed by atoms with Crippen molar-refractivity contribution in [1.29, 1.82) is 0 Å². The van der Waals surface area contributed by atoms with E-state index in [-0.39, 0.29) is 5.00 Å². The van der Waals surface area contributed by atoms with Crippen LogP contribution in [0.15, 0.2) is 0 Å². The molecule has 0 rings (SSSR count). The smallest absolute Gasteiger partial charge is 0.0678 e. The second-order valence-corrected chi connectivity index (χ2v) is 9.81. The van der Waals surface area contributed by atoms with Crippen molar-refractivity contribution in [3.63, 3.8) is 0 Å². The van der Waals surface area contributed by atoms with E-state index in [0.29, 0.717) is 6.61 Å². The molecule has 0 heterocycles. The van der Waals surface area contributed by atoms with Gasteiger partial charge in [-0.05, 0) is 6.92 Å². The quantitative estimate of drug-likeness (QED) is 0.477. The van der Waals surface area contributed by atoms with Crippen molar-refractivity contribution in [2.75, 3.05) is 13.2 Å². The van der Waals surface area contributed by atoms with Crippen molar-refractivity contribution in [2.24, 2.45) is 0 Å². The Morgan fingerprint density at radius 3 is 2.20 bits per heavy atom. The van der Waals surface area contributed by atoms with Gasteiger partial charge in [-0.2, -0.15) is 0 Å².